The summed E-state index contributed by atoms with van der Waals surface area (Å²) in [6.45, 7) is 3.18. The minimum absolute atomic E-state index is 0.193. The molecule has 1 aromatic carbocycles. The molecular weight excluding hydrogens is 213 g/mol. The Hall–Kier alpha value is -0.760. The van der Waals surface area contributed by atoms with Crippen LogP contribution in [0.1, 0.15) is 25.3 Å². The maximum absolute atomic E-state index is 13.5. The Balaban J connectivity index is 2.38. The van der Waals surface area contributed by atoms with Crippen LogP contribution in [0.25, 0.3) is 0 Å². The number of halogens is 2. The van der Waals surface area contributed by atoms with E-state index >= 15 is 0 Å². The van der Waals surface area contributed by atoms with Gasteiger partial charge in [-0.3, -0.25) is 0 Å². The van der Waals surface area contributed by atoms with Crippen molar-refractivity contribution in [2.24, 2.45) is 0 Å². The van der Waals surface area contributed by atoms with Crippen molar-refractivity contribution in [3.8, 4) is 0 Å². The number of rotatable bonds is 2. The number of alkyl halides is 1. The molecule has 1 unspecified atom stereocenters. The highest BCUT2D eigenvalue weighted by molar-refractivity contribution is 6.17. The zero-order valence-corrected chi connectivity index (χ0v) is 9.60. The number of nitrogens with zero attached hydrogens (tertiary/aromatic N) is 1. The van der Waals surface area contributed by atoms with Gasteiger partial charge in [-0.2, -0.15) is 0 Å². The van der Waals surface area contributed by atoms with Crippen molar-refractivity contribution in [3.63, 3.8) is 0 Å². The highest BCUT2D eigenvalue weighted by atomic mass is 35.5. The monoisotopic (exact) mass is 227 g/mol. The van der Waals surface area contributed by atoms with E-state index in [9.17, 15) is 4.39 Å². The van der Waals surface area contributed by atoms with Gasteiger partial charge in [0.05, 0.1) is 5.88 Å². The predicted octanol–water partition coefficient (Wildman–Crippen LogP) is 3.55. The molecule has 1 nitrogen and oxygen atoms in total. The van der Waals surface area contributed by atoms with E-state index < -0.39 is 0 Å². The fourth-order valence-electron chi connectivity index (χ4n) is 2.24. The zero-order chi connectivity index (χ0) is 10.8. The van der Waals surface area contributed by atoms with Crippen molar-refractivity contribution in [3.05, 3.63) is 29.6 Å². The minimum atomic E-state index is -0.193. The van der Waals surface area contributed by atoms with Crippen molar-refractivity contribution in [1.29, 1.82) is 0 Å². The Morgan fingerprint density at radius 2 is 2.33 bits per heavy atom. The summed E-state index contributed by atoms with van der Waals surface area (Å²) in [5, 5.41) is 0. The summed E-state index contributed by atoms with van der Waals surface area (Å²) in [6, 6.07) is 5.69. The van der Waals surface area contributed by atoms with Crippen molar-refractivity contribution in [2.45, 2.75) is 31.7 Å². The summed E-state index contributed by atoms with van der Waals surface area (Å²) >= 11 is 5.80. The lowest BCUT2D eigenvalue weighted by Crippen LogP contribution is -2.27. The van der Waals surface area contributed by atoms with E-state index in [2.05, 4.69) is 11.8 Å². The fraction of sp³-hybridized carbons (Fsp3) is 0.500. The number of hydrogen-bond donors (Lipinski definition) is 0. The molecule has 1 aliphatic rings. The van der Waals surface area contributed by atoms with E-state index in [1.807, 2.05) is 6.07 Å². The summed E-state index contributed by atoms with van der Waals surface area (Å²) in [5.41, 5.74) is 1.60. The molecule has 1 saturated heterocycles. The van der Waals surface area contributed by atoms with Crippen molar-refractivity contribution in [1.82, 2.24) is 0 Å². The highest BCUT2D eigenvalue weighted by Crippen LogP contribution is 2.30. The van der Waals surface area contributed by atoms with Crippen molar-refractivity contribution >= 4 is 17.3 Å². The van der Waals surface area contributed by atoms with Crippen molar-refractivity contribution < 1.29 is 4.39 Å². The SMILES string of the molecule is CC1CCCN1c1cccc(F)c1CCl. The van der Waals surface area contributed by atoms with E-state index in [0.717, 1.165) is 12.2 Å². The molecule has 0 N–H and O–H groups in total. The zero-order valence-electron chi connectivity index (χ0n) is 8.84. The molecule has 0 spiro atoms. The third kappa shape index (κ3) is 1.96. The van der Waals surface area contributed by atoms with Crippen molar-refractivity contribution in [2.75, 3.05) is 11.4 Å². The third-order valence-corrected chi connectivity index (χ3v) is 3.36. The molecule has 1 atom stereocenters. The first-order chi connectivity index (χ1) is 7.24. The molecule has 1 aliphatic heterocycles. The number of benzene rings is 1. The lowest BCUT2D eigenvalue weighted by Gasteiger charge is -2.26. The quantitative estimate of drug-likeness (QED) is 0.699. The lowest BCUT2D eigenvalue weighted by molar-refractivity contribution is 0.614. The van der Waals surface area contributed by atoms with Crippen LogP contribution >= 0.6 is 11.6 Å². The molecule has 0 radical (unpaired) electrons. The van der Waals surface area contributed by atoms with Gasteiger partial charge in [0.15, 0.2) is 0 Å². The summed E-state index contributed by atoms with van der Waals surface area (Å²) in [7, 11) is 0. The molecule has 3 heteroatoms. The molecule has 2 rings (SSSR count). The maximum atomic E-state index is 13.5. The van der Waals surface area contributed by atoms with Gasteiger partial charge in [0, 0.05) is 23.8 Å². The van der Waals surface area contributed by atoms with E-state index in [1.54, 1.807) is 6.07 Å². The van der Waals surface area contributed by atoms with Gasteiger partial charge in [0.1, 0.15) is 5.82 Å². The molecule has 15 heavy (non-hydrogen) atoms. The van der Waals surface area contributed by atoms with Crippen LogP contribution in [0.2, 0.25) is 0 Å². The minimum Gasteiger partial charge on any atom is -0.368 e. The van der Waals surface area contributed by atoms with E-state index in [1.165, 1.54) is 18.9 Å². The molecule has 0 aliphatic carbocycles. The number of anilines is 1. The lowest BCUT2D eigenvalue weighted by atomic mass is 10.1. The van der Waals surface area contributed by atoms with E-state index in [4.69, 9.17) is 11.6 Å². The first-order valence-electron chi connectivity index (χ1n) is 5.34. The average Bonchev–Trinajstić information content (AvgIpc) is 2.64. The van der Waals surface area contributed by atoms with Gasteiger partial charge in [-0.1, -0.05) is 6.07 Å². The molecule has 0 amide bonds. The second-order valence-corrected chi connectivity index (χ2v) is 4.32. The molecule has 0 aromatic heterocycles. The molecule has 1 heterocycles. The summed E-state index contributed by atoms with van der Waals surface area (Å²) in [4.78, 5) is 2.25. The van der Waals surface area contributed by atoms with Gasteiger partial charge in [-0.15, -0.1) is 11.6 Å². The number of hydrogen-bond acceptors (Lipinski definition) is 1. The first-order valence-corrected chi connectivity index (χ1v) is 5.87. The average molecular weight is 228 g/mol. The van der Waals surface area contributed by atoms with Gasteiger partial charge in [0.2, 0.25) is 0 Å². The molecule has 1 fully saturated rings. The van der Waals surface area contributed by atoms with E-state index in [-0.39, 0.29) is 11.7 Å². The van der Waals surface area contributed by atoms with Crippen LogP contribution in [0, 0.1) is 5.82 Å². The summed E-state index contributed by atoms with van der Waals surface area (Å²) < 4.78 is 13.5. The van der Waals surface area contributed by atoms with Gasteiger partial charge >= 0.3 is 0 Å². The highest BCUT2D eigenvalue weighted by Gasteiger charge is 2.23. The smallest absolute Gasteiger partial charge is 0.129 e. The normalized spacial score (nSPS) is 21.0. The Morgan fingerprint density at radius 1 is 1.53 bits per heavy atom. The Morgan fingerprint density at radius 3 is 2.93 bits per heavy atom. The van der Waals surface area contributed by atoms with Gasteiger partial charge in [-0.25, -0.2) is 4.39 Å². The second kappa shape index (κ2) is 4.40. The molecule has 82 valence electrons. The standard InChI is InChI=1S/C12H15ClFN/c1-9-4-3-7-15(9)12-6-2-5-11(14)10(12)8-13/h2,5-6,9H,3-4,7-8H2,1H3. The Labute approximate surface area is 94.8 Å². The fourth-order valence-corrected chi connectivity index (χ4v) is 2.50. The third-order valence-electron chi connectivity index (χ3n) is 3.09. The van der Waals surface area contributed by atoms with Crippen LogP contribution in [0.4, 0.5) is 10.1 Å². The largest absolute Gasteiger partial charge is 0.368 e. The Kier molecular flexibility index (Phi) is 3.15. The topological polar surface area (TPSA) is 3.24 Å². The van der Waals surface area contributed by atoms with Crippen LogP contribution in [0.3, 0.4) is 0 Å². The van der Waals surface area contributed by atoms with E-state index in [0.29, 0.717) is 11.6 Å². The van der Waals surface area contributed by atoms with Crippen LogP contribution in [-0.2, 0) is 5.88 Å². The molecule has 1 aromatic rings. The molecule has 0 bridgehead atoms. The van der Waals surface area contributed by atoms with Gasteiger partial charge < -0.3 is 4.90 Å². The van der Waals surface area contributed by atoms with Gasteiger partial charge in [-0.05, 0) is 31.9 Å². The second-order valence-electron chi connectivity index (χ2n) is 4.06. The maximum Gasteiger partial charge on any atom is 0.129 e. The van der Waals surface area contributed by atoms with Gasteiger partial charge in [0.25, 0.3) is 0 Å². The first kappa shape index (κ1) is 10.7. The Bertz CT molecular complexity index is 353. The summed E-state index contributed by atoms with van der Waals surface area (Å²) in [6.07, 6.45) is 2.36. The van der Waals surface area contributed by atoms with Crippen LogP contribution in [-0.4, -0.2) is 12.6 Å². The van der Waals surface area contributed by atoms with Crippen LogP contribution < -0.4 is 4.90 Å². The van der Waals surface area contributed by atoms with Crippen LogP contribution in [0.15, 0.2) is 18.2 Å². The molecule has 0 saturated carbocycles. The van der Waals surface area contributed by atoms with Crippen LogP contribution in [0.5, 0.6) is 0 Å². The molecular formula is C12H15ClFN. The summed E-state index contributed by atoms with van der Waals surface area (Å²) in [5.74, 6) is 0.0483. The predicted molar refractivity (Wildman–Crippen MR) is 62.0 cm³/mol.